The molecule has 0 aromatic heterocycles. The van der Waals surface area contributed by atoms with Gasteiger partial charge in [0, 0.05) is 11.6 Å². The van der Waals surface area contributed by atoms with E-state index in [4.69, 9.17) is 14.2 Å². The lowest BCUT2D eigenvalue weighted by molar-refractivity contribution is -0.119. The van der Waals surface area contributed by atoms with Crippen LogP contribution in [0.4, 0.5) is 5.69 Å². The fourth-order valence-corrected chi connectivity index (χ4v) is 4.60. The number of hydrogen-bond acceptors (Lipinski definition) is 8. The zero-order chi connectivity index (χ0) is 25.4. The molecule has 2 N–H and O–H groups in total. The van der Waals surface area contributed by atoms with Crippen LogP contribution >= 0.6 is 0 Å². The van der Waals surface area contributed by atoms with Crippen LogP contribution in [-0.2, 0) is 14.8 Å². The Morgan fingerprint density at radius 3 is 2.29 bits per heavy atom. The number of anilines is 1. The predicted octanol–water partition coefficient (Wildman–Crippen LogP) is 2.76. The van der Waals surface area contributed by atoms with E-state index in [0.717, 1.165) is 4.31 Å². The van der Waals surface area contributed by atoms with Crippen molar-refractivity contribution >= 4 is 27.8 Å². The number of para-hydroxylation sites is 1. The fraction of sp³-hybridized carbons (Fsp3) is 0.167. The van der Waals surface area contributed by atoms with Crippen molar-refractivity contribution in [3.63, 3.8) is 0 Å². The predicted molar refractivity (Wildman–Crippen MR) is 131 cm³/mol. The Kier molecular flexibility index (Phi) is 8.16. The van der Waals surface area contributed by atoms with Gasteiger partial charge in [0.2, 0.25) is 0 Å². The Labute approximate surface area is 203 Å². The smallest absolute Gasteiger partial charge is 0.264 e. The van der Waals surface area contributed by atoms with Crippen molar-refractivity contribution in [3.05, 3.63) is 72.3 Å². The van der Waals surface area contributed by atoms with Crippen LogP contribution in [0.2, 0.25) is 0 Å². The number of phenolic OH excluding ortho intramolecular Hbond substituents is 1. The quantitative estimate of drug-likeness (QED) is 0.324. The van der Waals surface area contributed by atoms with Crippen LogP contribution in [0.5, 0.6) is 23.0 Å². The maximum Gasteiger partial charge on any atom is 0.264 e. The number of carbonyl (C=O) groups is 1. The molecular formula is C24H25N3O7S. The van der Waals surface area contributed by atoms with E-state index in [1.165, 1.54) is 51.8 Å². The van der Waals surface area contributed by atoms with Gasteiger partial charge in [-0.15, -0.1) is 0 Å². The second kappa shape index (κ2) is 11.3. The molecule has 0 saturated carbocycles. The molecule has 0 spiro atoms. The molecule has 35 heavy (non-hydrogen) atoms. The molecule has 0 saturated heterocycles. The van der Waals surface area contributed by atoms with Gasteiger partial charge in [-0.25, -0.2) is 13.8 Å². The first-order chi connectivity index (χ1) is 16.8. The molecule has 0 unspecified atom stereocenters. The van der Waals surface area contributed by atoms with Gasteiger partial charge in [0.25, 0.3) is 15.9 Å². The van der Waals surface area contributed by atoms with Crippen molar-refractivity contribution in [2.45, 2.75) is 4.90 Å². The topological polar surface area (TPSA) is 127 Å². The van der Waals surface area contributed by atoms with Crippen molar-refractivity contribution in [1.29, 1.82) is 0 Å². The number of methoxy groups -OCH3 is 3. The van der Waals surface area contributed by atoms with E-state index in [0.29, 0.717) is 17.1 Å². The standard InChI is InChI=1S/C24H25N3O7S/c1-32-20-13-12-18(14-22(20)34-3)27(35(30,31)19-9-5-4-6-10-19)16-23(28)26-25-15-17-8-7-11-21(33-2)24(17)29/h4-15,29H,16H2,1-3H3,(H,26,28)/b25-15-. The summed E-state index contributed by atoms with van der Waals surface area (Å²) in [4.78, 5) is 12.7. The number of sulfonamides is 1. The SMILES string of the molecule is COc1ccc(N(CC(=O)N/N=C\c2cccc(OC)c2O)S(=O)(=O)c2ccccc2)cc1OC. The average molecular weight is 500 g/mol. The molecule has 3 aromatic carbocycles. The van der Waals surface area contributed by atoms with Gasteiger partial charge in [0.15, 0.2) is 23.0 Å². The molecule has 3 aromatic rings. The van der Waals surface area contributed by atoms with Crippen molar-refractivity contribution in [1.82, 2.24) is 5.43 Å². The zero-order valence-electron chi connectivity index (χ0n) is 19.3. The minimum Gasteiger partial charge on any atom is -0.504 e. The van der Waals surface area contributed by atoms with Crippen molar-refractivity contribution in [3.8, 4) is 23.0 Å². The first kappa shape index (κ1) is 25.4. The third kappa shape index (κ3) is 5.82. The van der Waals surface area contributed by atoms with Crippen LogP contribution in [-0.4, -0.2) is 53.5 Å². The second-order valence-corrected chi connectivity index (χ2v) is 8.92. The Morgan fingerprint density at radius 2 is 1.63 bits per heavy atom. The van der Waals surface area contributed by atoms with Gasteiger partial charge in [0.05, 0.1) is 38.1 Å². The highest BCUT2D eigenvalue weighted by Gasteiger charge is 2.28. The number of nitrogens with zero attached hydrogens (tertiary/aromatic N) is 2. The first-order valence-electron chi connectivity index (χ1n) is 10.3. The molecule has 0 radical (unpaired) electrons. The largest absolute Gasteiger partial charge is 0.504 e. The summed E-state index contributed by atoms with van der Waals surface area (Å²) >= 11 is 0. The Bertz CT molecular complexity index is 1310. The highest BCUT2D eigenvalue weighted by molar-refractivity contribution is 7.92. The summed E-state index contributed by atoms with van der Waals surface area (Å²) in [5.41, 5.74) is 2.78. The van der Waals surface area contributed by atoms with Crippen LogP contribution in [0.15, 0.2) is 76.7 Å². The number of amides is 1. The molecule has 1 amide bonds. The number of hydrazone groups is 1. The van der Waals surface area contributed by atoms with Gasteiger partial charge >= 0.3 is 0 Å². The Morgan fingerprint density at radius 1 is 0.943 bits per heavy atom. The minimum absolute atomic E-state index is 0.00684. The summed E-state index contributed by atoms with van der Waals surface area (Å²) in [6.45, 7) is -0.575. The number of phenols is 1. The number of carbonyl (C=O) groups excluding carboxylic acids is 1. The molecule has 10 nitrogen and oxygen atoms in total. The van der Waals surface area contributed by atoms with Gasteiger partial charge in [-0.3, -0.25) is 9.10 Å². The molecule has 3 rings (SSSR count). The number of ether oxygens (including phenoxy) is 3. The summed E-state index contributed by atoms with van der Waals surface area (Å²) in [6.07, 6.45) is 1.22. The Balaban J connectivity index is 1.89. The number of hydrogen-bond donors (Lipinski definition) is 2. The van der Waals surface area contributed by atoms with Crippen molar-refractivity contribution in [2.24, 2.45) is 5.10 Å². The van der Waals surface area contributed by atoms with E-state index in [1.807, 2.05) is 0 Å². The van der Waals surface area contributed by atoms with Crippen LogP contribution in [0.1, 0.15) is 5.56 Å². The third-order valence-electron chi connectivity index (χ3n) is 4.92. The maximum absolute atomic E-state index is 13.4. The average Bonchev–Trinajstić information content (AvgIpc) is 2.88. The number of nitrogens with one attached hydrogen (secondary N) is 1. The summed E-state index contributed by atoms with van der Waals surface area (Å²) in [6, 6.07) is 17.0. The molecule has 0 bridgehead atoms. The molecule has 0 aliphatic carbocycles. The molecule has 0 aliphatic heterocycles. The van der Waals surface area contributed by atoms with E-state index in [2.05, 4.69) is 10.5 Å². The van der Waals surface area contributed by atoms with Gasteiger partial charge in [-0.05, 0) is 36.4 Å². The summed E-state index contributed by atoms with van der Waals surface area (Å²) < 4.78 is 43.3. The van der Waals surface area contributed by atoms with E-state index in [9.17, 15) is 18.3 Å². The molecule has 184 valence electrons. The molecule has 11 heteroatoms. The summed E-state index contributed by atoms with van der Waals surface area (Å²) in [5.74, 6) is 0.0871. The van der Waals surface area contributed by atoms with E-state index < -0.39 is 22.5 Å². The minimum atomic E-state index is -4.12. The molecule has 0 atom stereocenters. The molecule has 0 aliphatic rings. The van der Waals surface area contributed by atoms with Crippen LogP contribution in [0, 0.1) is 0 Å². The van der Waals surface area contributed by atoms with Gasteiger partial charge < -0.3 is 19.3 Å². The normalized spacial score (nSPS) is 11.2. The van der Waals surface area contributed by atoms with Crippen LogP contribution < -0.4 is 23.9 Å². The summed E-state index contributed by atoms with van der Waals surface area (Å²) in [7, 11) is 0.175. The zero-order valence-corrected chi connectivity index (χ0v) is 20.2. The van der Waals surface area contributed by atoms with Crippen molar-refractivity contribution in [2.75, 3.05) is 32.2 Å². The maximum atomic E-state index is 13.4. The molecule has 0 heterocycles. The van der Waals surface area contributed by atoms with Crippen LogP contribution in [0.25, 0.3) is 0 Å². The van der Waals surface area contributed by atoms with Crippen molar-refractivity contribution < 1.29 is 32.5 Å². The number of benzene rings is 3. The van der Waals surface area contributed by atoms with Gasteiger partial charge in [-0.1, -0.05) is 24.3 Å². The lowest BCUT2D eigenvalue weighted by atomic mass is 10.2. The van der Waals surface area contributed by atoms with E-state index >= 15 is 0 Å². The third-order valence-corrected chi connectivity index (χ3v) is 6.70. The monoisotopic (exact) mass is 499 g/mol. The number of aromatic hydroxyl groups is 1. The highest BCUT2D eigenvalue weighted by Crippen LogP contribution is 2.33. The Hall–Kier alpha value is -4.25. The summed E-state index contributed by atoms with van der Waals surface area (Å²) in [5, 5.41) is 14.0. The van der Waals surface area contributed by atoms with Gasteiger partial charge in [-0.2, -0.15) is 5.10 Å². The number of rotatable bonds is 10. The molecule has 0 fully saturated rings. The first-order valence-corrected chi connectivity index (χ1v) is 11.7. The highest BCUT2D eigenvalue weighted by atomic mass is 32.2. The lowest BCUT2D eigenvalue weighted by Gasteiger charge is -2.24. The van der Waals surface area contributed by atoms with E-state index in [-0.39, 0.29) is 22.1 Å². The van der Waals surface area contributed by atoms with Crippen LogP contribution in [0.3, 0.4) is 0 Å². The lowest BCUT2D eigenvalue weighted by Crippen LogP contribution is -2.39. The van der Waals surface area contributed by atoms with Gasteiger partial charge in [0.1, 0.15) is 6.54 Å². The second-order valence-electron chi connectivity index (χ2n) is 7.06. The van der Waals surface area contributed by atoms with E-state index in [1.54, 1.807) is 42.5 Å². The molecular weight excluding hydrogens is 474 g/mol. The fourth-order valence-electron chi connectivity index (χ4n) is 3.16.